The zero-order chi connectivity index (χ0) is 33.6. The number of aromatic amines is 1. The number of nitrogen functional groups attached to an aromatic ring is 1. The van der Waals surface area contributed by atoms with Gasteiger partial charge in [-0.3, -0.25) is 37.0 Å². The van der Waals surface area contributed by atoms with Gasteiger partial charge in [0.25, 0.3) is 5.56 Å². The number of fused-ring (bicyclic) bond motifs is 5. The number of imidazole rings is 2. The SMILES string of the molecule is Nc1nc2c(ncn2C2OC3COP(=O)(O)OC4C(O)C(COP(=O)(O)OC3C2F)OC4n2c(Cl)nc3cc(Cl)c(Cl)cc32)c(=O)[nH]1. The van der Waals surface area contributed by atoms with Crippen molar-refractivity contribution in [1.82, 2.24) is 29.1 Å². The summed E-state index contributed by atoms with van der Waals surface area (Å²) in [5, 5.41) is 11.1. The van der Waals surface area contributed by atoms with Crippen molar-refractivity contribution in [3.05, 3.63) is 44.1 Å². The Morgan fingerprint density at radius 1 is 0.979 bits per heavy atom. The molecule has 3 aliphatic heterocycles. The van der Waals surface area contributed by atoms with Crippen LogP contribution in [0.3, 0.4) is 0 Å². The topological polar surface area (TPSA) is 258 Å². The van der Waals surface area contributed by atoms with Crippen LogP contribution in [0.1, 0.15) is 12.5 Å². The number of benzene rings is 1. The summed E-state index contributed by atoms with van der Waals surface area (Å²) in [5.41, 5.74) is 4.91. The molecule has 25 heteroatoms. The van der Waals surface area contributed by atoms with Crippen LogP contribution in [0.4, 0.5) is 10.3 Å². The van der Waals surface area contributed by atoms with Gasteiger partial charge in [-0.1, -0.05) is 23.2 Å². The van der Waals surface area contributed by atoms with Crippen molar-refractivity contribution in [3.8, 4) is 0 Å². The summed E-state index contributed by atoms with van der Waals surface area (Å²) >= 11 is 18.6. The Hall–Kier alpha value is -2.26. The maximum absolute atomic E-state index is 15.9. The molecule has 6 heterocycles. The van der Waals surface area contributed by atoms with Crippen LogP contribution in [0.5, 0.6) is 0 Å². The molecule has 254 valence electrons. The molecule has 47 heavy (non-hydrogen) atoms. The van der Waals surface area contributed by atoms with Gasteiger partial charge in [-0.2, -0.15) is 4.98 Å². The number of aliphatic hydroxyl groups is 1. The lowest BCUT2D eigenvalue weighted by atomic mass is 10.1. The molecule has 0 aliphatic carbocycles. The van der Waals surface area contributed by atoms with Gasteiger partial charge in [0.05, 0.1) is 40.6 Å². The van der Waals surface area contributed by atoms with E-state index in [-0.39, 0.29) is 43.5 Å². The van der Waals surface area contributed by atoms with E-state index in [1.807, 2.05) is 0 Å². The van der Waals surface area contributed by atoms with Gasteiger partial charge in [-0.25, -0.2) is 23.5 Å². The Bertz CT molecular complexity index is 2050. The predicted octanol–water partition coefficient (Wildman–Crippen LogP) is 2.22. The van der Waals surface area contributed by atoms with Crippen molar-refractivity contribution in [2.45, 2.75) is 49.1 Å². The van der Waals surface area contributed by atoms with Crippen molar-refractivity contribution in [2.24, 2.45) is 0 Å². The lowest BCUT2D eigenvalue weighted by molar-refractivity contribution is -0.0668. The van der Waals surface area contributed by atoms with E-state index in [9.17, 15) is 28.8 Å². The highest BCUT2D eigenvalue weighted by atomic mass is 35.5. The fraction of sp³-hybridized carbons (Fsp3) is 0.455. The molecule has 10 unspecified atom stereocenters. The van der Waals surface area contributed by atoms with E-state index in [1.165, 1.54) is 16.7 Å². The summed E-state index contributed by atoms with van der Waals surface area (Å²) in [4.78, 5) is 47.8. The van der Waals surface area contributed by atoms with Crippen molar-refractivity contribution in [1.29, 1.82) is 0 Å². The maximum atomic E-state index is 15.9. The quantitative estimate of drug-likeness (QED) is 0.183. The second kappa shape index (κ2) is 12.0. The molecule has 4 aromatic rings. The van der Waals surface area contributed by atoms with E-state index >= 15 is 4.39 Å². The van der Waals surface area contributed by atoms with E-state index < -0.39 is 83.6 Å². The Morgan fingerprint density at radius 3 is 2.34 bits per heavy atom. The number of ether oxygens (including phenoxy) is 2. The van der Waals surface area contributed by atoms with Gasteiger partial charge in [0.1, 0.15) is 30.5 Å². The minimum atomic E-state index is -5.19. The summed E-state index contributed by atoms with van der Waals surface area (Å²) < 4.78 is 76.6. The van der Waals surface area contributed by atoms with E-state index in [1.54, 1.807) is 0 Å². The number of nitrogens with zero attached hydrogens (tertiary/aromatic N) is 5. The molecule has 0 saturated carbocycles. The van der Waals surface area contributed by atoms with Gasteiger partial charge in [-0.15, -0.1) is 0 Å². The molecule has 19 nitrogen and oxygen atoms in total. The van der Waals surface area contributed by atoms with Crippen molar-refractivity contribution >= 4 is 78.6 Å². The first-order valence-electron chi connectivity index (χ1n) is 13.3. The number of alkyl halides is 1. The first-order valence-corrected chi connectivity index (χ1v) is 17.4. The number of nitrogens with one attached hydrogen (secondary N) is 1. The number of hydrogen-bond acceptors (Lipinski definition) is 14. The average Bonchev–Trinajstić information content (AvgIpc) is 3.70. The number of phosphoric ester groups is 2. The summed E-state index contributed by atoms with van der Waals surface area (Å²) in [6.45, 7) is -1.83. The zero-order valence-corrected chi connectivity index (χ0v) is 27.1. The molecule has 1 aromatic carbocycles. The van der Waals surface area contributed by atoms with Crippen LogP contribution in [0.25, 0.3) is 22.2 Å². The molecular weight excluding hydrogens is 742 g/mol. The third kappa shape index (κ3) is 6.00. The zero-order valence-electron chi connectivity index (χ0n) is 23.0. The first kappa shape index (κ1) is 33.2. The highest BCUT2D eigenvalue weighted by Crippen LogP contribution is 2.54. The molecule has 7 rings (SSSR count). The standard InChI is InChI=1S/C22H21Cl3FN7O12P2/c23-6-1-8-9(2-7(6)24)33(21(25)29-8)20-16-14(34)10(42-20)3-40-46(36,37)44-15-11(4-41-47(38,39)45-16)43-19(12(15)26)32-5-28-13-17(32)30-22(27)31-18(13)35/h1-2,5,10-12,14-16,19-20,34H,3-4H2,(H,36,37)(H,38,39)(H3,27,30,31,35). The van der Waals surface area contributed by atoms with Gasteiger partial charge in [0, 0.05) is 0 Å². The molecule has 3 aliphatic rings. The normalized spacial score (nSPS) is 36.7. The van der Waals surface area contributed by atoms with Crippen LogP contribution in [-0.2, 0) is 36.7 Å². The number of rotatable bonds is 2. The van der Waals surface area contributed by atoms with Gasteiger partial charge in [-0.05, 0) is 23.7 Å². The number of aliphatic hydroxyl groups excluding tert-OH is 1. The van der Waals surface area contributed by atoms with E-state index in [2.05, 4.69) is 19.9 Å². The van der Waals surface area contributed by atoms with Gasteiger partial charge >= 0.3 is 15.6 Å². The van der Waals surface area contributed by atoms with Gasteiger partial charge in [0.2, 0.25) is 11.2 Å². The van der Waals surface area contributed by atoms with Gasteiger partial charge in [0.15, 0.2) is 29.8 Å². The summed E-state index contributed by atoms with van der Waals surface area (Å²) in [5.74, 6) is -0.319. The Balaban J connectivity index is 1.22. The summed E-state index contributed by atoms with van der Waals surface area (Å²) in [7, 11) is -10.4. The second-order valence-corrected chi connectivity index (χ2v) is 14.5. The molecule has 0 amide bonds. The number of nitrogens with two attached hydrogens (primary N) is 1. The average molecular weight is 763 g/mol. The Kier molecular flexibility index (Phi) is 8.46. The molecule has 0 spiro atoms. The smallest absolute Gasteiger partial charge is 0.387 e. The molecule has 3 saturated heterocycles. The largest absolute Gasteiger partial charge is 0.472 e. The highest BCUT2D eigenvalue weighted by molar-refractivity contribution is 7.47. The van der Waals surface area contributed by atoms with Crippen molar-refractivity contribution < 1.29 is 56.0 Å². The Labute approximate surface area is 275 Å². The monoisotopic (exact) mass is 761 g/mol. The summed E-state index contributed by atoms with van der Waals surface area (Å²) in [6.07, 6.45) is -13.2. The van der Waals surface area contributed by atoms with E-state index in [0.29, 0.717) is 0 Å². The van der Waals surface area contributed by atoms with Crippen LogP contribution >= 0.6 is 50.4 Å². The number of anilines is 1. The third-order valence-electron chi connectivity index (χ3n) is 7.56. The number of phosphoric acid groups is 2. The minimum absolute atomic E-state index is 0.0925. The molecule has 0 radical (unpaired) electrons. The van der Waals surface area contributed by atoms with Gasteiger partial charge < -0.3 is 30.1 Å². The number of aromatic nitrogens is 6. The van der Waals surface area contributed by atoms with Crippen LogP contribution in [0, 0.1) is 0 Å². The van der Waals surface area contributed by atoms with Crippen molar-refractivity contribution in [3.63, 3.8) is 0 Å². The van der Waals surface area contributed by atoms with Crippen LogP contribution in [-0.4, -0.2) is 93.9 Å². The molecular formula is C22H21Cl3FN7O12P2. The van der Waals surface area contributed by atoms with Crippen LogP contribution in [0.15, 0.2) is 23.3 Å². The summed E-state index contributed by atoms with van der Waals surface area (Å²) in [6, 6.07) is 2.77. The first-order chi connectivity index (χ1) is 22.1. The molecule has 3 aromatic heterocycles. The fourth-order valence-electron chi connectivity index (χ4n) is 5.49. The molecule has 10 atom stereocenters. The van der Waals surface area contributed by atoms with Crippen molar-refractivity contribution in [2.75, 3.05) is 18.9 Å². The van der Waals surface area contributed by atoms with E-state index in [4.69, 9.17) is 68.1 Å². The van der Waals surface area contributed by atoms with E-state index in [0.717, 1.165) is 10.9 Å². The highest BCUT2D eigenvalue weighted by Gasteiger charge is 2.54. The fourth-order valence-corrected chi connectivity index (χ4v) is 7.97. The molecule has 3 fully saturated rings. The lowest BCUT2D eigenvalue weighted by Gasteiger charge is -2.26. The Morgan fingerprint density at radius 2 is 1.62 bits per heavy atom. The third-order valence-corrected chi connectivity index (χ3v) is 10.5. The van der Waals surface area contributed by atoms with Crippen LogP contribution in [0.2, 0.25) is 15.3 Å². The second-order valence-electron chi connectivity index (χ2n) is 10.5. The number of H-pyrrole nitrogens is 1. The van der Waals surface area contributed by atoms with Crippen LogP contribution < -0.4 is 11.3 Å². The maximum Gasteiger partial charge on any atom is 0.472 e. The molecule has 2 bridgehead atoms. The molecule has 6 N–H and O–H groups in total. The lowest BCUT2D eigenvalue weighted by Crippen LogP contribution is -2.35. The minimum Gasteiger partial charge on any atom is -0.387 e. The predicted molar refractivity (Wildman–Crippen MR) is 157 cm³/mol. The number of halogens is 4. The number of hydrogen-bond donors (Lipinski definition) is 5.